The molecule has 0 aliphatic heterocycles. The van der Waals surface area contributed by atoms with Crippen molar-refractivity contribution in [3.8, 4) is 0 Å². The minimum Gasteiger partial charge on any atom is -0.356 e. The van der Waals surface area contributed by atoms with Crippen molar-refractivity contribution in [3.05, 3.63) is 89.5 Å². The summed E-state index contributed by atoms with van der Waals surface area (Å²) in [6.45, 7) is 2.15. The lowest BCUT2D eigenvalue weighted by molar-refractivity contribution is 0.607. The predicted molar refractivity (Wildman–Crippen MR) is 129 cm³/mol. The Labute approximate surface area is 193 Å². The van der Waals surface area contributed by atoms with Gasteiger partial charge in [0.25, 0.3) is 0 Å². The lowest BCUT2D eigenvalue weighted by Gasteiger charge is -2.19. The summed E-state index contributed by atoms with van der Waals surface area (Å²) in [7, 11) is 1.77. The van der Waals surface area contributed by atoms with Gasteiger partial charge in [-0.2, -0.15) is 5.10 Å². The van der Waals surface area contributed by atoms with Crippen molar-refractivity contribution >= 4 is 29.9 Å². The molecule has 0 bridgehead atoms. The van der Waals surface area contributed by atoms with Crippen LogP contribution < -0.4 is 10.6 Å². The summed E-state index contributed by atoms with van der Waals surface area (Å²) in [5.74, 6) is 0.576. The summed E-state index contributed by atoms with van der Waals surface area (Å²) in [4.78, 5) is 4.35. The maximum atomic E-state index is 13.6. The lowest BCUT2D eigenvalue weighted by atomic mass is 9.96. The number of benzene rings is 2. The van der Waals surface area contributed by atoms with Gasteiger partial charge in [-0.1, -0.05) is 36.4 Å². The number of guanidine groups is 1. The molecular formula is C23H27FIN5. The van der Waals surface area contributed by atoms with Gasteiger partial charge in [-0.15, -0.1) is 24.0 Å². The van der Waals surface area contributed by atoms with Gasteiger partial charge in [0, 0.05) is 37.9 Å². The van der Waals surface area contributed by atoms with Gasteiger partial charge in [0.2, 0.25) is 0 Å². The van der Waals surface area contributed by atoms with Crippen molar-refractivity contribution in [2.24, 2.45) is 4.99 Å². The first-order valence-electron chi connectivity index (χ1n) is 9.93. The summed E-state index contributed by atoms with van der Waals surface area (Å²) >= 11 is 0. The van der Waals surface area contributed by atoms with Gasteiger partial charge < -0.3 is 10.6 Å². The lowest BCUT2D eigenvalue weighted by Crippen LogP contribution is -2.41. The number of nitrogens with one attached hydrogen (secondary N) is 2. The van der Waals surface area contributed by atoms with Crippen LogP contribution in [0.25, 0.3) is 0 Å². The fraction of sp³-hybridized carbons (Fsp3) is 0.304. The van der Waals surface area contributed by atoms with Crippen LogP contribution in [0.3, 0.4) is 0 Å². The second-order valence-corrected chi connectivity index (χ2v) is 7.54. The Kier molecular flexibility index (Phi) is 7.47. The molecule has 5 nitrogen and oxygen atoms in total. The number of hydrogen-bond donors (Lipinski definition) is 2. The smallest absolute Gasteiger partial charge is 0.191 e. The molecule has 0 radical (unpaired) electrons. The van der Waals surface area contributed by atoms with Gasteiger partial charge >= 0.3 is 0 Å². The minimum atomic E-state index is -0.176. The SMILES string of the molecule is CN=C(NCc1ccccc1Cn1cccn1)NCC1(c2cccc(F)c2)CC1.I. The summed E-state index contributed by atoms with van der Waals surface area (Å²) in [6.07, 6.45) is 5.88. The maximum absolute atomic E-state index is 13.6. The molecule has 0 spiro atoms. The number of nitrogens with zero attached hydrogens (tertiary/aromatic N) is 3. The van der Waals surface area contributed by atoms with Gasteiger partial charge in [-0.05, 0) is 47.7 Å². The van der Waals surface area contributed by atoms with E-state index >= 15 is 0 Å². The largest absolute Gasteiger partial charge is 0.356 e. The zero-order valence-electron chi connectivity index (χ0n) is 17.0. The zero-order valence-corrected chi connectivity index (χ0v) is 19.3. The van der Waals surface area contributed by atoms with Crippen LogP contribution in [0.4, 0.5) is 4.39 Å². The highest BCUT2D eigenvalue weighted by Crippen LogP contribution is 2.47. The van der Waals surface area contributed by atoms with Crippen molar-refractivity contribution in [1.82, 2.24) is 20.4 Å². The first kappa shape index (κ1) is 22.3. The molecule has 1 saturated carbocycles. The standard InChI is InChI=1S/C23H26FN5.HI/c1-25-22(27-17-23(10-11-23)20-8-4-9-21(24)14-20)26-15-18-6-2-3-7-19(18)16-29-13-5-12-28-29;/h2-9,12-14H,10-11,15-17H2,1H3,(H2,25,26,27);1H. The molecule has 1 aliphatic carbocycles. The molecule has 1 aromatic heterocycles. The Bertz CT molecular complexity index is 983. The molecule has 3 aromatic rings. The van der Waals surface area contributed by atoms with E-state index in [0.717, 1.165) is 37.5 Å². The second kappa shape index (κ2) is 10.1. The van der Waals surface area contributed by atoms with E-state index in [-0.39, 0.29) is 35.2 Å². The molecule has 0 amide bonds. The van der Waals surface area contributed by atoms with Crippen LogP contribution in [0.15, 0.2) is 72.0 Å². The molecule has 1 fully saturated rings. The topological polar surface area (TPSA) is 54.2 Å². The Balaban J connectivity index is 0.00000256. The highest BCUT2D eigenvalue weighted by molar-refractivity contribution is 14.0. The van der Waals surface area contributed by atoms with Gasteiger partial charge in [0.05, 0.1) is 6.54 Å². The zero-order chi connectivity index (χ0) is 20.1. The first-order valence-corrected chi connectivity index (χ1v) is 9.93. The average molecular weight is 519 g/mol. The van der Waals surface area contributed by atoms with Crippen molar-refractivity contribution in [1.29, 1.82) is 0 Å². The summed E-state index contributed by atoms with van der Waals surface area (Å²) in [5, 5.41) is 11.1. The Hall–Kier alpha value is -2.42. The quantitative estimate of drug-likeness (QED) is 0.281. The molecule has 4 rings (SSSR count). The van der Waals surface area contributed by atoms with Crippen LogP contribution in [-0.4, -0.2) is 29.3 Å². The monoisotopic (exact) mass is 519 g/mol. The maximum Gasteiger partial charge on any atom is 0.191 e. The van der Waals surface area contributed by atoms with Crippen LogP contribution in [0.5, 0.6) is 0 Å². The van der Waals surface area contributed by atoms with E-state index in [2.05, 4.69) is 32.9 Å². The molecule has 2 N–H and O–H groups in total. The first-order chi connectivity index (χ1) is 14.2. The minimum absolute atomic E-state index is 0. The van der Waals surface area contributed by atoms with Crippen molar-refractivity contribution in [2.75, 3.05) is 13.6 Å². The van der Waals surface area contributed by atoms with Gasteiger partial charge in [0.1, 0.15) is 5.82 Å². The van der Waals surface area contributed by atoms with Crippen LogP contribution in [-0.2, 0) is 18.5 Å². The van der Waals surface area contributed by atoms with Gasteiger partial charge in [-0.3, -0.25) is 9.67 Å². The van der Waals surface area contributed by atoms with Crippen LogP contribution >= 0.6 is 24.0 Å². The number of hydrogen-bond acceptors (Lipinski definition) is 2. The molecule has 0 saturated heterocycles. The molecular weight excluding hydrogens is 492 g/mol. The van der Waals surface area contributed by atoms with E-state index < -0.39 is 0 Å². The second-order valence-electron chi connectivity index (χ2n) is 7.54. The Morgan fingerprint density at radius 1 is 1.10 bits per heavy atom. The Morgan fingerprint density at radius 2 is 1.90 bits per heavy atom. The third-order valence-corrected chi connectivity index (χ3v) is 5.56. The third kappa shape index (κ3) is 5.38. The number of halogens is 2. The third-order valence-electron chi connectivity index (χ3n) is 5.56. The van der Waals surface area contributed by atoms with E-state index in [9.17, 15) is 4.39 Å². The van der Waals surface area contributed by atoms with Crippen molar-refractivity contribution in [3.63, 3.8) is 0 Å². The van der Waals surface area contributed by atoms with Crippen molar-refractivity contribution in [2.45, 2.75) is 31.3 Å². The van der Waals surface area contributed by atoms with Crippen LogP contribution in [0, 0.1) is 5.82 Å². The highest BCUT2D eigenvalue weighted by Gasteiger charge is 2.44. The number of rotatable bonds is 7. The fourth-order valence-electron chi connectivity index (χ4n) is 3.64. The molecule has 1 aliphatic rings. The summed E-state index contributed by atoms with van der Waals surface area (Å²) < 4.78 is 15.5. The Morgan fingerprint density at radius 3 is 2.57 bits per heavy atom. The van der Waals surface area contributed by atoms with Gasteiger partial charge in [-0.25, -0.2) is 4.39 Å². The van der Waals surface area contributed by atoms with E-state index in [4.69, 9.17) is 0 Å². The predicted octanol–water partition coefficient (Wildman–Crippen LogP) is 4.09. The normalized spacial score (nSPS) is 14.7. The number of aliphatic imine (C=N–C) groups is 1. The molecule has 0 atom stereocenters. The molecule has 1 heterocycles. The average Bonchev–Trinajstić information content (AvgIpc) is 3.36. The molecule has 7 heteroatoms. The number of aromatic nitrogens is 2. The summed E-state index contributed by atoms with van der Waals surface area (Å²) in [5.41, 5.74) is 3.50. The van der Waals surface area contributed by atoms with E-state index in [1.807, 2.05) is 35.1 Å². The molecule has 30 heavy (non-hydrogen) atoms. The van der Waals surface area contributed by atoms with Crippen molar-refractivity contribution < 1.29 is 4.39 Å². The van der Waals surface area contributed by atoms with Crippen LogP contribution in [0.1, 0.15) is 29.5 Å². The fourth-order valence-corrected chi connectivity index (χ4v) is 3.64. The van der Waals surface area contributed by atoms with E-state index in [0.29, 0.717) is 6.54 Å². The molecule has 2 aromatic carbocycles. The molecule has 0 unspecified atom stereocenters. The van der Waals surface area contributed by atoms with E-state index in [1.54, 1.807) is 25.4 Å². The van der Waals surface area contributed by atoms with Crippen LogP contribution in [0.2, 0.25) is 0 Å². The summed E-state index contributed by atoms with van der Waals surface area (Å²) in [6, 6.07) is 17.2. The highest BCUT2D eigenvalue weighted by atomic mass is 127. The molecule has 158 valence electrons. The van der Waals surface area contributed by atoms with Gasteiger partial charge in [0.15, 0.2) is 5.96 Å². The van der Waals surface area contributed by atoms with E-state index in [1.165, 1.54) is 17.2 Å².